The number of likely N-dealkylation sites (N-methyl/N-ethyl adjacent to an activating group) is 1. The van der Waals surface area contributed by atoms with E-state index >= 15 is 0 Å². The van der Waals surface area contributed by atoms with Gasteiger partial charge in [0.1, 0.15) is 6.10 Å². The summed E-state index contributed by atoms with van der Waals surface area (Å²) in [5.41, 5.74) is 0. The Hall–Kier alpha value is -1.13. The highest BCUT2D eigenvalue weighted by molar-refractivity contribution is 5.97. The van der Waals surface area contributed by atoms with E-state index in [4.69, 9.17) is 9.15 Å². The highest BCUT2D eigenvalue weighted by Gasteiger charge is 2.27. The van der Waals surface area contributed by atoms with E-state index in [-0.39, 0.29) is 11.9 Å². The van der Waals surface area contributed by atoms with Gasteiger partial charge in [0.05, 0.1) is 12.9 Å². The van der Waals surface area contributed by atoms with Crippen molar-refractivity contribution >= 4 is 5.78 Å². The summed E-state index contributed by atoms with van der Waals surface area (Å²) in [6.07, 6.45) is 1.12. The molecule has 1 fully saturated rings. The highest BCUT2D eigenvalue weighted by atomic mass is 16.5. The summed E-state index contributed by atoms with van der Waals surface area (Å²) in [4.78, 5) is 13.8. The van der Waals surface area contributed by atoms with Crippen molar-refractivity contribution in [3.8, 4) is 0 Å². The number of hydrogen-bond donors (Lipinski definition) is 0. The Labute approximate surface area is 82.4 Å². The smallest absolute Gasteiger partial charge is 0.227 e. The molecule has 0 bridgehead atoms. The Morgan fingerprint density at radius 2 is 2.50 bits per heavy atom. The van der Waals surface area contributed by atoms with Gasteiger partial charge in [-0.25, -0.2) is 0 Å². The molecule has 76 valence electrons. The van der Waals surface area contributed by atoms with Gasteiger partial charge in [0.25, 0.3) is 0 Å². The van der Waals surface area contributed by atoms with E-state index in [1.807, 2.05) is 7.05 Å². The minimum absolute atomic E-state index is 0.0680. The average molecular weight is 195 g/mol. The van der Waals surface area contributed by atoms with Crippen molar-refractivity contribution in [1.29, 1.82) is 0 Å². The van der Waals surface area contributed by atoms with Crippen LogP contribution in [0.1, 0.15) is 10.6 Å². The van der Waals surface area contributed by atoms with E-state index in [0.717, 1.165) is 6.54 Å². The second-order valence-electron chi connectivity index (χ2n) is 3.46. The van der Waals surface area contributed by atoms with Crippen molar-refractivity contribution < 1.29 is 13.9 Å². The second kappa shape index (κ2) is 3.94. The third kappa shape index (κ3) is 1.86. The number of carbonyl (C=O) groups is 1. The summed E-state index contributed by atoms with van der Waals surface area (Å²) in [6.45, 7) is 2.12. The fourth-order valence-corrected chi connectivity index (χ4v) is 1.51. The van der Waals surface area contributed by atoms with Gasteiger partial charge in [-0.05, 0) is 19.2 Å². The van der Waals surface area contributed by atoms with E-state index < -0.39 is 0 Å². The van der Waals surface area contributed by atoms with Gasteiger partial charge in [-0.3, -0.25) is 4.79 Å². The zero-order valence-electron chi connectivity index (χ0n) is 8.10. The molecular weight excluding hydrogens is 182 g/mol. The number of morpholine rings is 1. The molecule has 1 aliphatic rings. The monoisotopic (exact) mass is 195 g/mol. The number of ketones is 1. The van der Waals surface area contributed by atoms with Crippen LogP contribution in [-0.4, -0.2) is 43.5 Å². The first-order valence-electron chi connectivity index (χ1n) is 4.65. The Morgan fingerprint density at radius 1 is 1.64 bits per heavy atom. The zero-order valence-corrected chi connectivity index (χ0v) is 8.10. The summed E-state index contributed by atoms with van der Waals surface area (Å²) in [5, 5.41) is 0. The summed E-state index contributed by atoms with van der Waals surface area (Å²) in [7, 11) is 1.98. The SMILES string of the molecule is CN1CCOC(C(=O)c2ccco2)C1. The molecule has 1 saturated heterocycles. The molecule has 1 atom stereocenters. The van der Waals surface area contributed by atoms with Crippen LogP contribution in [-0.2, 0) is 4.74 Å². The van der Waals surface area contributed by atoms with E-state index in [9.17, 15) is 4.79 Å². The van der Waals surface area contributed by atoms with Crippen molar-refractivity contribution in [3.63, 3.8) is 0 Å². The average Bonchev–Trinajstić information content (AvgIpc) is 2.69. The first kappa shape index (κ1) is 9.43. The Balaban J connectivity index is 2.04. The van der Waals surface area contributed by atoms with Crippen molar-refractivity contribution in [2.75, 3.05) is 26.7 Å². The molecule has 1 aliphatic heterocycles. The van der Waals surface area contributed by atoms with Crippen LogP contribution in [0.4, 0.5) is 0 Å². The molecule has 0 aromatic carbocycles. The number of rotatable bonds is 2. The largest absolute Gasteiger partial charge is 0.461 e. The maximum absolute atomic E-state index is 11.8. The normalized spacial score (nSPS) is 23.6. The molecule has 1 aromatic rings. The quantitative estimate of drug-likeness (QED) is 0.654. The maximum atomic E-state index is 11.8. The number of ether oxygens (including phenoxy) is 1. The van der Waals surface area contributed by atoms with E-state index in [0.29, 0.717) is 18.9 Å². The molecule has 1 aromatic heterocycles. The lowest BCUT2D eigenvalue weighted by Crippen LogP contribution is -2.44. The van der Waals surface area contributed by atoms with E-state index in [1.54, 1.807) is 12.1 Å². The molecule has 0 saturated carbocycles. The van der Waals surface area contributed by atoms with Crippen LogP contribution in [0.15, 0.2) is 22.8 Å². The molecule has 4 heteroatoms. The van der Waals surface area contributed by atoms with Gasteiger partial charge in [-0.2, -0.15) is 0 Å². The second-order valence-corrected chi connectivity index (χ2v) is 3.46. The van der Waals surface area contributed by atoms with Crippen LogP contribution in [0.3, 0.4) is 0 Å². The van der Waals surface area contributed by atoms with E-state index in [2.05, 4.69) is 4.90 Å². The number of Topliss-reactive ketones (excluding diaryl/α,β-unsaturated/α-hetero) is 1. The van der Waals surface area contributed by atoms with Gasteiger partial charge >= 0.3 is 0 Å². The molecule has 14 heavy (non-hydrogen) atoms. The van der Waals surface area contributed by atoms with Crippen molar-refractivity contribution in [1.82, 2.24) is 4.90 Å². The van der Waals surface area contributed by atoms with Gasteiger partial charge in [0.15, 0.2) is 5.76 Å². The van der Waals surface area contributed by atoms with Gasteiger partial charge in [0, 0.05) is 13.1 Å². The summed E-state index contributed by atoms with van der Waals surface area (Å²) in [6, 6.07) is 3.38. The molecule has 1 unspecified atom stereocenters. The molecule has 0 radical (unpaired) electrons. The Morgan fingerprint density at radius 3 is 3.14 bits per heavy atom. The van der Waals surface area contributed by atoms with Crippen molar-refractivity contribution in [3.05, 3.63) is 24.2 Å². The first-order valence-corrected chi connectivity index (χ1v) is 4.65. The fraction of sp³-hybridized carbons (Fsp3) is 0.500. The molecule has 4 nitrogen and oxygen atoms in total. The lowest BCUT2D eigenvalue weighted by Gasteiger charge is -2.28. The van der Waals surface area contributed by atoms with Crippen LogP contribution in [0.5, 0.6) is 0 Å². The first-order chi connectivity index (χ1) is 6.77. The van der Waals surface area contributed by atoms with Crippen LogP contribution in [0.2, 0.25) is 0 Å². The fourth-order valence-electron chi connectivity index (χ4n) is 1.51. The van der Waals surface area contributed by atoms with Crippen LogP contribution >= 0.6 is 0 Å². The van der Waals surface area contributed by atoms with Gasteiger partial charge in [0.2, 0.25) is 5.78 Å². The number of carbonyl (C=O) groups excluding carboxylic acids is 1. The third-order valence-corrected chi connectivity index (χ3v) is 2.33. The summed E-state index contributed by atoms with van der Waals surface area (Å²) in [5.74, 6) is 0.312. The highest BCUT2D eigenvalue weighted by Crippen LogP contribution is 2.11. The predicted molar refractivity (Wildman–Crippen MR) is 50.3 cm³/mol. The van der Waals surface area contributed by atoms with Gasteiger partial charge in [-0.1, -0.05) is 0 Å². The van der Waals surface area contributed by atoms with Crippen molar-refractivity contribution in [2.24, 2.45) is 0 Å². The molecular formula is C10H13NO3. The Kier molecular flexibility index (Phi) is 2.65. The summed E-state index contributed by atoms with van der Waals surface area (Å²) < 4.78 is 10.4. The number of hydrogen-bond acceptors (Lipinski definition) is 4. The lowest BCUT2D eigenvalue weighted by atomic mass is 10.1. The Bertz CT molecular complexity index is 307. The van der Waals surface area contributed by atoms with Crippen LogP contribution < -0.4 is 0 Å². The summed E-state index contributed by atoms with van der Waals surface area (Å²) >= 11 is 0. The number of furan rings is 1. The van der Waals surface area contributed by atoms with Crippen LogP contribution in [0, 0.1) is 0 Å². The van der Waals surface area contributed by atoms with Gasteiger partial charge < -0.3 is 14.1 Å². The molecule has 0 amide bonds. The standard InChI is InChI=1S/C10H13NO3/c1-11-4-6-14-9(7-11)10(12)8-3-2-5-13-8/h2-3,5,9H,4,6-7H2,1H3. The minimum Gasteiger partial charge on any atom is -0.461 e. The van der Waals surface area contributed by atoms with Crippen LogP contribution in [0.25, 0.3) is 0 Å². The zero-order chi connectivity index (χ0) is 9.97. The topological polar surface area (TPSA) is 42.7 Å². The van der Waals surface area contributed by atoms with E-state index in [1.165, 1.54) is 6.26 Å². The third-order valence-electron chi connectivity index (χ3n) is 2.33. The predicted octanol–water partition coefficient (Wildman–Crippen LogP) is 0.793. The molecule has 2 heterocycles. The minimum atomic E-state index is -0.375. The molecule has 0 aliphatic carbocycles. The lowest BCUT2D eigenvalue weighted by molar-refractivity contribution is -0.00996. The number of nitrogens with zero attached hydrogens (tertiary/aromatic N) is 1. The molecule has 0 spiro atoms. The molecule has 2 rings (SSSR count). The molecule has 0 N–H and O–H groups in total. The van der Waals surface area contributed by atoms with Crippen molar-refractivity contribution in [2.45, 2.75) is 6.10 Å². The van der Waals surface area contributed by atoms with Gasteiger partial charge in [-0.15, -0.1) is 0 Å². The maximum Gasteiger partial charge on any atom is 0.227 e.